The fraction of sp³-hybridized carbons (Fsp3) is 0.935. The smallest absolute Gasteiger partial charge is 0.0804 e. The molecule has 0 radical (unpaired) electrons. The Kier molecular flexibility index (Phi) is 15.3. The molecule has 0 bridgehead atoms. The Balaban J connectivity index is 1.06. The zero-order valence-corrected chi connectivity index (χ0v) is 44.6. The van der Waals surface area contributed by atoms with Crippen LogP contribution >= 0.6 is 0 Å². The fourth-order valence-electron chi connectivity index (χ4n) is 20.1. The molecule has 1 N–H and O–H groups in total. The first-order chi connectivity index (χ1) is 30.5. The zero-order valence-electron chi connectivity index (χ0n) is 44.6. The van der Waals surface area contributed by atoms with Crippen molar-refractivity contribution in [3.63, 3.8) is 0 Å². The third kappa shape index (κ3) is 8.60. The highest BCUT2D eigenvalue weighted by Gasteiger charge is 2.67. The van der Waals surface area contributed by atoms with E-state index < -0.39 is 0 Å². The summed E-state index contributed by atoms with van der Waals surface area (Å²) in [5.41, 5.74) is 4.46. The van der Waals surface area contributed by atoms with Gasteiger partial charge in [-0.1, -0.05) is 171 Å². The van der Waals surface area contributed by atoms with Crippen LogP contribution in [0.4, 0.5) is 0 Å². The molecule has 64 heavy (non-hydrogen) atoms. The van der Waals surface area contributed by atoms with Gasteiger partial charge in [0.05, 0.1) is 17.8 Å². The van der Waals surface area contributed by atoms with Crippen LogP contribution in [0.5, 0.6) is 0 Å². The van der Waals surface area contributed by atoms with Crippen molar-refractivity contribution in [2.24, 2.45) is 98.6 Å². The highest BCUT2D eigenvalue weighted by atomic mass is 16.5. The molecule has 6 fully saturated rings. The lowest BCUT2D eigenvalue weighted by Gasteiger charge is -2.66. The molecule has 8 rings (SSSR count). The van der Waals surface area contributed by atoms with Gasteiger partial charge in [0.2, 0.25) is 0 Å². The number of ether oxygens (including phenoxy) is 1. The molecule has 2 unspecified atom stereocenters. The molecule has 2 heteroatoms. The quantitative estimate of drug-likeness (QED) is 0.139. The van der Waals surface area contributed by atoms with Crippen molar-refractivity contribution >= 4 is 0 Å². The van der Waals surface area contributed by atoms with Crippen LogP contribution in [-0.2, 0) is 4.74 Å². The summed E-state index contributed by atoms with van der Waals surface area (Å²) in [5.74, 6) is 10.8. The Labute approximate surface area is 397 Å². The summed E-state index contributed by atoms with van der Waals surface area (Å²) in [6.07, 6.45) is 39.8. The molecule has 0 saturated heterocycles. The molecular formula is C62H106O2. The second-order valence-electron chi connectivity index (χ2n) is 27.4. The number of hydrogen-bond donors (Lipinski definition) is 1. The minimum absolute atomic E-state index is 0.0110. The third-order valence-corrected chi connectivity index (χ3v) is 23.5. The maximum atomic E-state index is 12.0. The molecule has 6 saturated carbocycles. The lowest BCUT2D eigenvalue weighted by molar-refractivity contribution is -0.230. The molecule has 0 aliphatic heterocycles. The molecule has 0 spiro atoms. The van der Waals surface area contributed by atoms with Gasteiger partial charge in [-0.3, -0.25) is 0 Å². The predicted octanol–water partition coefficient (Wildman–Crippen LogP) is 17.8. The summed E-state index contributed by atoms with van der Waals surface area (Å²) in [6, 6.07) is 0. The van der Waals surface area contributed by atoms with Gasteiger partial charge in [0, 0.05) is 11.8 Å². The second-order valence-corrected chi connectivity index (χ2v) is 27.4. The summed E-state index contributed by atoms with van der Waals surface area (Å²) in [4.78, 5) is 0. The third-order valence-electron chi connectivity index (χ3n) is 23.5. The number of rotatable bonds is 18. The Morgan fingerprint density at radius 3 is 1.73 bits per heavy atom. The normalized spacial score (nSPS) is 46.0. The molecule has 0 aromatic rings. The molecular weight excluding hydrogens is 777 g/mol. The van der Waals surface area contributed by atoms with Crippen molar-refractivity contribution in [3.05, 3.63) is 23.3 Å². The van der Waals surface area contributed by atoms with Crippen LogP contribution in [0.2, 0.25) is 0 Å². The van der Waals surface area contributed by atoms with E-state index >= 15 is 0 Å². The van der Waals surface area contributed by atoms with Crippen LogP contribution in [0.25, 0.3) is 0 Å². The first-order valence-electron chi connectivity index (χ1n) is 29.2. The van der Waals surface area contributed by atoms with E-state index in [0.717, 1.165) is 90.8 Å². The average molecular weight is 884 g/mol. The molecule has 0 amide bonds. The van der Waals surface area contributed by atoms with Crippen molar-refractivity contribution in [2.45, 2.75) is 268 Å². The molecule has 0 aromatic heterocycles. The summed E-state index contributed by atoms with van der Waals surface area (Å²) in [6.45, 7) is 30.8. The van der Waals surface area contributed by atoms with Gasteiger partial charge in [-0.2, -0.15) is 0 Å². The highest BCUT2D eigenvalue weighted by Crippen LogP contribution is 2.72. The van der Waals surface area contributed by atoms with E-state index in [1.54, 1.807) is 5.57 Å². The predicted molar refractivity (Wildman–Crippen MR) is 273 cm³/mol. The number of aliphatic hydroxyl groups is 1. The number of unbranched alkanes of at least 4 members (excludes halogenated alkanes) is 2. The molecule has 8 aliphatic carbocycles. The van der Waals surface area contributed by atoms with E-state index in [1.807, 2.05) is 5.57 Å². The highest BCUT2D eigenvalue weighted by molar-refractivity contribution is 5.33. The van der Waals surface area contributed by atoms with Gasteiger partial charge in [0.1, 0.15) is 0 Å². The van der Waals surface area contributed by atoms with Gasteiger partial charge in [0.25, 0.3) is 0 Å². The first kappa shape index (κ1) is 49.8. The molecule has 366 valence electrons. The van der Waals surface area contributed by atoms with Crippen molar-refractivity contribution < 1.29 is 9.84 Å². The van der Waals surface area contributed by atoms with Gasteiger partial charge in [-0.25, -0.2) is 0 Å². The van der Waals surface area contributed by atoms with E-state index in [1.165, 1.54) is 141 Å². The largest absolute Gasteiger partial charge is 0.393 e. The summed E-state index contributed by atoms with van der Waals surface area (Å²) in [7, 11) is 0. The van der Waals surface area contributed by atoms with E-state index in [-0.39, 0.29) is 23.2 Å². The number of hydrogen-bond acceptors (Lipinski definition) is 2. The molecule has 18 atom stereocenters. The van der Waals surface area contributed by atoms with Crippen molar-refractivity contribution in [3.8, 4) is 0 Å². The minimum atomic E-state index is -0.284. The van der Waals surface area contributed by atoms with Gasteiger partial charge in [-0.05, 0) is 189 Å². The van der Waals surface area contributed by atoms with Gasteiger partial charge >= 0.3 is 0 Å². The number of aliphatic hydroxyl groups excluding tert-OH is 1. The second kappa shape index (κ2) is 19.7. The first-order valence-corrected chi connectivity index (χ1v) is 29.2. The van der Waals surface area contributed by atoms with Gasteiger partial charge in [-0.15, -0.1) is 0 Å². The number of allylic oxidation sites excluding steroid dienone is 2. The summed E-state index contributed by atoms with van der Waals surface area (Å²) >= 11 is 0. The SMILES string of the molecule is CCCCC1C[C@H](OC2(CCCC)C[C@H](O)CC3=CC[C@H]4[C@@H]5CC[C@H]([C@H](C)CCCC(C)C)[C@@]5(C)CC[C@@H]4[C@]32C)CC2=CC[C@H]3[C@@H]4CC[C@H]([C@H](C)CCCC(C)C)[C@@]4(C)CC[C@@H]3[C@]21C. The maximum Gasteiger partial charge on any atom is 0.0804 e. The van der Waals surface area contributed by atoms with Crippen LogP contribution in [0.1, 0.15) is 250 Å². The molecule has 0 heterocycles. The maximum absolute atomic E-state index is 12.0. The van der Waals surface area contributed by atoms with Crippen LogP contribution in [0, 0.1) is 98.6 Å². The van der Waals surface area contributed by atoms with Gasteiger partial charge in [0.15, 0.2) is 0 Å². The Bertz CT molecular complexity index is 1620. The average Bonchev–Trinajstić information content (AvgIpc) is 3.79. The monoisotopic (exact) mass is 883 g/mol. The van der Waals surface area contributed by atoms with E-state index in [2.05, 4.69) is 95.2 Å². The molecule has 8 aliphatic rings. The van der Waals surface area contributed by atoms with Gasteiger partial charge < -0.3 is 9.84 Å². The van der Waals surface area contributed by atoms with Crippen molar-refractivity contribution in [1.82, 2.24) is 0 Å². The van der Waals surface area contributed by atoms with E-state index in [0.29, 0.717) is 28.1 Å². The van der Waals surface area contributed by atoms with Crippen LogP contribution in [-0.4, -0.2) is 22.9 Å². The Morgan fingerprint density at radius 1 is 0.625 bits per heavy atom. The van der Waals surface area contributed by atoms with Crippen molar-refractivity contribution in [1.29, 1.82) is 0 Å². The van der Waals surface area contributed by atoms with Crippen LogP contribution in [0.3, 0.4) is 0 Å². The Hall–Kier alpha value is -0.600. The summed E-state index contributed by atoms with van der Waals surface area (Å²) < 4.78 is 8.24. The van der Waals surface area contributed by atoms with Crippen LogP contribution < -0.4 is 0 Å². The van der Waals surface area contributed by atoms with E-state index in [9.17, 15) is 5.11 Å². The van der Waals surface area contributed by atoms with Crippen molar-refractivity contribution in [2.75, 3.05) is 0 Å². The Morgan fingerprint density at radius 2 is 1.17 bits per heavy atom. The zero-order chi connectivity index (χ0) is 45.8. The van der Waals surface area contributed by atoms with Crippen LogP contribution in [0.15, 0.2) is 23.3 Å². The molecule has 0 aromatic carbocycles. The molecule has 2 nitrogen and oxygen atoms in total. The minimum Gasteiger partial charge on any atom is -0.393 e. The summed E-state index contributed by atoms with van der Waals surface area (Å²) in [5, 5.41) is 12.0. The number of fused-ring (bicyclic) bond motifs is 10. The topological polar surface area (TPSA) is 29.5 Å². The lowest BCUT2D eigenvalue weighted by atomic mass is 9.43. The van der Waals surface area contributed by atoms with E-state index in [4.69, 9.17) is 4.74 Å². The fourth-order valence-corrected chi connectivity index (χ4v) is 20.1. The standard InChI is InChI=1S/C62H106O2/c1-13-15-23-45-38-49(39-46-24-26-50-54-30-28-52(43(7)21-17-19-41(3)4)58(54,9)35-32-56(50)60(45,46)11)64-62(34-16-14-2)40-48(63)37-47-25-27-51-55-31-29-53(44(8)22-18-20-42(5)6)59(55,10)36-33-57(51)61(47,62)12/h24-25,41-45,48-57,63H,13-23,26-40H2,1-12H3/t43-,44-,45?,48-,49+,50+,51+,52-,53-,54+,55+,56+,57+,58-,59-,60+,61+,62?/m1/s1. The lowest BCUT2D eigenvalue weighted by Crippen LogP contribution is -2.64.